The molecule has 0 aliphatic heterocycles. The molecule has 2 rings (SSSR count). The van der Waals surface area contributed by atoms with Crippen LogP contribution in [0.5, 0.6) is 0 Å². The molecule has 2 amide bonds. The van der Waals surface area contributed by atoms with Crippen LogP contribution in [0.2, 0.25) is 0 Å². The Hall–Kier alpha value is -2.34. The van der Waals surface area contributed by atoms with Crippen molar-refractivity contribution in [1.82, 2.24) is 5.32 Å². The Morgan fingerprint density at radius 3 is 2.52 bits per heavy atom. The summed E-state index contributed by atoms with van der Waals surface area (Å²) in [5, 5.41) is 14.1. The van der Waals surface area contributed by atoms with Gasteiger partial charge in [0.05, 0.1) is 6.10 Å². The van der Waals surface area contributed by atoms with Crippen molar-refractivity contribution in [3.05, 3.63) is 35.9 Å². The molecule has 0 aromatic heterocycles. The summed E-state index contributed by atoms with van der Waals surface area (Å²) < 4.78 is 5.15. The molecule has 21 heavy (non-hydrogen) atoms. The molecule has 0 spiro atoms. The number of benzene rings is 1. The number of carbonyl (C=O) groups is 2. The Bertz CT molecular complexity index is 533. The zero-order chi connectivity index (χ0) is 15.2. The Kier molecular flexibility index (Phi) is 4.94. The number of hydrogen-bond donors (Lipinski definition) is 3. The maximum absolute atomic E-state index is 11.8. The summed E-state index contributed by atoms with van der Waals surface area (Å²) in [4.78, 5) is 22.2. The number of carboxylic acids is 1. The van der Waals surface area contributed by atoms with E-state index < -0.39 is 5.97 Å². The van der Waals surface area contributed by atoms with Gasteiger partial charge in [-0.1, -0.05) is 12.1 Å². The van der Waals surface area contributed by atoms with E-state index in [4.69, 9.17) is 9.84 Å². The van der Waals surface area contributed by atoms with Gasteiger partial charge in [-0.05, 0) is 36.6 Å². The van der Waals surface area contributed by atoms with Crippen molar-refractivity contribution >= 4 is 23.8 Å². The molecule has 1 aromatic rings. The van der Waals surface area contributed by atoms with Gasteiger partial charge >= 0.3 is 12.0 Å². The summed E-state index contributed by atoms with van der Waals surface area (Å²) in [6, 6.07) is 6.83. The van der Waals surface area contributed by atoms with E-state index in [1.165, 1.54) is 6.08 Å². The molecule has 1 aliphatic carbocycles. The summed E-state index contributed by atoms with van der Waals surface area (Å²) in [5.74, 6) is -0.994. The molecule has 0 atom stereocenters. The Balaban J connectivity index is 1.80. The maximum atomic E-state index is 11.8. The molecule has 1 aliphatic rings. The Labute approximate surface area is 122 Å². The van der Waals surface area contributed by atoms with Crippen molar-refractivity contribution in [2.24, 2.45) is 0 Å². The molecule has 1 saturated carbocycles. The minimum atomic E-state index is -0.994. The van der Waals surface area contributed by atoms with Crippen LogP contribution in [0.3, 0.4) is 0 Å². The van der Waals surface area contributed by atoms with Crippen LogP contribution in [0.1, 0.15) is 18.4 Å². The van der Waals surface area contributed by atoms with Gasteiger partial charge in [0.15, 0.2) is 0 Å². The van der Waals surface area contributed by atoms with Gasteiger partial charge < -0.3 is 20.5 Å². The van der Waals surface area contributed by atoms with E-state index in [0.29, 0.717) is 5.69 Å². The van der Waals surface area contributed by atoms with Crippen LogP contribution >= 0.6 is 0 Å². The minimum Gasteiger partial charge on any atom is -0.478 e. The third-order valence-electron chi connectivity index (χ3n) is 3.35. The maximum Gasteiger partial charge on any atom is 0.328 e. The molecule has 0 bridgehead atoms. The number of urea groups is 1. The highest BCUT2D eigenvalue weighted by molar-refractivity contribution is 5.90. The SMILES string of the molecule is COC1CC(NC(=O)Nc2ccc(/C=C/C(=O)O)cc2)C1. The van der Waals surface area contributed by atoms with E-state index >= 15 is 0 Å². The number of anilines is 1. The number of aliphatic carboxylic acids is 1. The molecule has 0 heterocycles. The first-order valence-electron chi connectivity index (χ1n) is 6.68. The average molecular weight is 290 g/mol. The second-order valence-electron chi connectivity index (χ2n) is 4.92. The first-order valence-corrected chi connectivity index (χ1v) is 6.68. The monoisotopic (exact) mass is 290 g/mol. The first kappa shape index (κ1) is 15.1. The van der Waals surface area contributed by atoms with E-state index in [2.05, 4.69) is 10.6 Å². The van der Waals surface area contributed by atoms with E-state index in [1.54, 1.807) is 31.4 Å². The fourth-order valence-electron chi connectivity index (χ4n) is 2.07. The topological polar surface area (TPSA) is 87.7 Å². The molecule has 1 aromatic carbocycles. The van der Waals surface area contributed by atoms with E-state index in [0.717, 1.165) is 24.5 Å². The Morgan fingerprint density at radius 2 is 1.95 bits per heavy atom. The number of carbonyl (C=O) groups excluding carboxylic acids is 1. The lowest BCUT2D eigenvalue weighted by molar-refractivity contribution is -0.131. The highest BCUT2D eigenvalue weighted by Gasteiger charge is 2.29. The van der Waals surface area contributed by atoms with Gasteiger partial charge in [-0.15, -0.1) is 0 Å². The van der Waals surface area contributed by atoms with Crippen LogP contribution in [0.25, 0.3) is 6.08 Å². The Morgan fingerprint density at radius 1 is 1.29 bits per heavy atom. The predicted molar refractivity (Wildman–Crippen MR) is 79.1 cm³/mol. The molecule has 6 heteroatoms. The number of nitrogens with one attached hydrogen (secondary N) is 2. The molecule has 1 fully saturated rings. The second-order valence-corrected chi connectivity index (χ2v) is 4.92. The molecule has 0 radical (unpaired) electrons. The largest absolute Gasteiger partial charge is 0.478 e. The van der Waals surface area contributed by atoms with Gasteiger partial charge in [0.1, 0.15) is 0 Å². The highest BCUT2D eigenvalue weighted by atomic mass is 16.5. The quantitative estimate of drug-likeness (QED) is 0.724. The van der Waals surface area contributed by atoms with Gasteiger partial charge in [0.2, 0.25) is 0 Å². The van der Waals surface area contributed by atoms with Crippen molar-refractivity contribution in [1.29, 1.82) is 0 Å². The fraction of sp³-hybridized carbons (Fsp3) is 0.333. The number of hydrogen-bond acceptors (Lipinski definition) is 3. The smallest absolute Gasteiger partial charge is 0.328 e. The molecule has 0 unspecified atom stereocenters. The van der Waals surface area contributed by atoms with E-state index in [-0.39, 0.29) is 18.2 Å². The zero-order valence-electron chi connectivity index (χ0n) is 11.7. The van der Waals surface area contributed by atoms with Crippen molar-refractivity contribution in [2.45, 2.75) is 25.0 Å². The van der Waals surface area contributed by atoms with Gasteiger partial charge in [-0.25, -0.2) is 9.59 Å². The molecule has 3 N–H and O–H groups in total. The molecule has 112 valence electrons. The van der Waals surface area contributed by atoms with Crippen LogP contribution in [-0.4, -0.2) is 36.4 Å². The fourth-order valence-corrected chi connectivity index (χ4v) is 2.07. The second kappa shape index (κ2) is 6.90. The normalized spacial score (nSPS) is 20.8. The average Bonchev–Trinajstić information content (AvgIpc) is 2.41. The standard InChI is InChI=1S/C15H18N2O4/c1-21-13-8-12(9-13)17-15(20)16-11-5-2-10(3-6-11)4-7-14(18)19/h2-7,12-13H,8-9H2,1H3,(H,18,19)(H2,16,17,20)/b7-4+. The molecule has 6 nitrogen and oxygen atoms in total. The van der Waals surface area contributed by atoms with Gasteiger partial charge in [-0.3, -0.25) is 0 Å². The number of amides is 2. The van der Waals surface area contributed by atoms with Crippen molar-refractivity contribution in [3.63, 3.8) is 0 Å². The number of ether oxygens (including phenoxy) is 1. The minimum absolute atomic E-state index is 0.160. The third-order valence-corrected chi connectivity index (χ3v) is 3.35. The lowest BCUT2D eigenvalue weighted by Crippen LogP contribution is -2.48. The number of rotatable bonds is 5. The van der Waals surface area contributed by atoms with Gasteiger partial charge in [0, 0.05) is 24.9 Å². The lowest BCUT2D eigenvalue weighted by Gasteiger charge is -2.34. The van der Waals surface area contributed by atoms with E-state index in [9.17, 15) is 9.59 Å². The molecular formula is C15H18N2O4. The van der Waals surface area contributed by atoms with Crippen LogP contribution in [0.4, 0.5) is 10.5 Å². The molecular weight excluding hydrogens is 272 g/mol. The summed E-state index contributed by atoms with van der Waals surface area (Å²) in [6.45, 7) is 0. The van der Waals surface area contributed by atoms with E-state index in [1.807, 2.05) is 0 Å². The van der Waals surface area contributed by atoms with Gasteiger partial charge in [0.25, 0.3) is 0 Å². The summed E-state index contributed by atoms with van der Waals surface area (Å²) in [5.41, 5.74) is 1.41. The van der Waals surface area contributed by atoms with Crippen LogP contribution in [-0.2, 0) is 9.53 Å². The molecule has 0 saturated heterocycles. The van der Waals surface area contributed by atoms with Crippen molar-refractivity contribution in [2.75, 3.05) is 12.4 Å². The summed E-state index contributed by atoms with van der Waals surface area (Å²) in [7, 11) is 1.67. The summed E-state index contributed by atoms with van der Waals surface area (Å²) >= 11 is 0. The number of carboxylic acid groups (broad SMARTS) is 1. The van der Waals surface area contributed by atoms with Crippen LogP contribution in [0, 0.1) is 0 Å². The first-order chi connectivity index (χ1) is 10.1. The predicted octanol–water partition coefficient (Wildman–Crippen LogP) is 2.08. The third kappa shape index (κ3) is 4.61. The lowest BCUT2D eigenvalue weighted by atomic mass is 9.89. The van der Waals surface area contributed by atoms with Gasteiger partial charge in [-0.2, -0.15) is 0 Å². The summed E-state index contributed by atoms with van der Waals surface area (Å²) in [6.07, 6.45) is 4.48. The highest BCUT2D eigenvalue weighted by Crippen LogP contribution is 2.22. The zero-order valence-corrected chi connectivity index (χ0v) is 11.7. The van der Waals surface area contributed by atoms with Crippen LogP contribution in [0.15, 0.2) is 30.3 Å². The number of methoxy groups -OCH3 is 1. The van der Waals surface area contributed by atoms with Crippen molar-refractivity contribution < 1.29 is 19.4 Å². The van der Waals surface area contributed by atoms with Crippen molar-refractivity contribution in [3.8, 4) is 0 Å². The van der Waals surface area contributed by atoms with Crippen LogP contribution < -0.4 is 10.6 Å².